The van der Waals surface area contributed by atoms with E-state index in [2.05, 4.69) is 13.8 Å². The Labute approximate surface area is 102 Å². The van der Waals surface area contributed by atoms with Gasteiger partial charge in [-0.15, -0.1) is 11.8 Å². The second-order valence-electron chi connectivity index (χ2n) is 4.32. The SMILES string of the molecule is CC(C)CCSc1ccc(F)cc1CCN. The van der Waals surface area contributed by atoms with E-state index in [0.717, 1.165) is 17.7 Å². The largest absolute Gasteiger partial charge is 0.330 e. The van der Waals surface area contributed by atoms with Crippen molar-refractivity contribution in [1.82, 2.24) is 0 Å². The van der Waals surface area contributed by atoms with E-state index < -0.39 is 0 Å². The van der Waals surface area contributed by atoms with Crippen molar-refractivity contribution in [2.24, 2.45) is 11.7 Å². The lowest BCUT2D eigenvalue weighted by Crippen LogP contribution is -2.04. The molecular weight excluding hydrogens is 221 g/mol. The van der Waals surface area contributed by atoms with Gasteiger partial charge in [0.25, 0.3) is 0 Å². The molecule has 0 aromatic heterocycles. The van der Waals surface area contributed by atoms with E-state index in [1.807, 2.05) is 6.07 Å². The first-order valence-corrected chi connectivity index (χ1v) is 6.73. The number of halogens is 1. The summed E-state index contributed by atoms with van der Waals surface area (Å²) in [5.74, 6) is 1.63. The third-order valence-electron chi connectivity index (χ3n) is 2.39. The van der Waals surface area contributed by atoms with Crippen LogP contribution in [0.25, 0.3) is 0 Å². The fraction of sp³-hybridized carbons (Fsp3) is 0.538. The average molecular weight is 241 g/mol. The van der Waals surface area contributed by atoms with E-state index in [1.165, 1.54) is 17.4 Å². The Balaban J connectivity index is 2.63. The maximum Gasteiger partial charge on any atom is 0.123 e. The van der Waals surface area contributed by atoms with Crippen LogP contribution in [-0.2, 0) is 6.42 Å². The van der Waals surface area contributed by atoms with E-state index in [4.69, 9.17) is 5.73 Å². The topological polar surface area (TPSA) is 26.0 Å². The van der Waals surface area contributed by atoms with Gasteiger partial charge < -0.3 is 5.73 Å². The zero-order valence-electron chi connectivity index (χ0n) is 10.0. The van der Waals surface area contributed by atoms with Crippen LogP contribution in [0, 0.1) is 11.7 Å². The quantitative estimate of drug-likeness (QED) is 0.772. The highest BCUT2D eigenvalue weighted by Gasteiger charge is 2.04. The van der Waals surface area contributed by atoms with Gasteiger partial charge in [-0.1, -0.05) is 13.8 Å². The summed E-state index contributed by atoms with van der Waals surface area (Å²) < 4.78 is 13.1. The highest BCUT2D eigenvalue weighted by Crippen LogP contribution is 2.25. The molecule has 90 valence electrons. The van der Waals surface area contributed by atoms with Crippen LogP contribution in [0.5, 0.6) is 0 Å². The van der Waals surface area contributed by atoms with Crippen LogP contribution in [0.4, 0.5) is 4.39 Å². The van der Waals surface area contributed by atoms with Crippen LogP contribution >= 0.6 is 11.8 Å². The van der Waals surface area contributed by atoms with Crippen LogP contribution in [0.1, 0.15) is 25.8 Å². The molecule has 1 aromatic carbocycles. The maximum absolute atomic E-state index is 13.1. The predicted molar refractivity (Wildman–Crippen MR) is 69.3 cm³/mol. The number of hydrogen-bond donors (Lipinski definition) is 1. The molecule has 2 N–H and O–H groups in total. The van der Waals surface area contributed by atoms with Crippen molar-refractivity contribution in [2.75, 3.05) is 12.3 Å². The summed E-state index contributed by atoms with van der Waals surface area (Å²) in [4.78, 5) is 1.17. The number of rotatable bonds is 6. The normalized spacial score (nSPS) is 11.1. The molecule has 0 aliphatic heterocycles. The first-order chi connectivity index (χ1) is 7.63. The predicted octanol–water partition coefficient (Wildman–Crippen LogP) is 3.47. The molecule has 16 heavy (non-hydrogen) atoms. The number of benzene rings is 1. The molecule has 0 spiro atoms. The Kier molecular flexibility index (Phi) is 5.85. The van der Waals surface area contributed by atoms with Crippen LogP contribution in [0.3, 0.4) is 0 Å². The molecule has 0 saturated heterocycles. The third kappa shape index (κ3) is 4.54. The lowest BCUT2D eigenvalue weighted by molar-refractivity contribution is 0.622. The highest BCUT2D eigenvalue weighted by atomic mass is 32.2. The van der Waals surface area contributed by atoms with Crippen molar-refractivity contribution in [1.29, 1.82) is 0 Å². The summed E-state index contributed by atoms with van der Waals surface area (Å²) >= 11 is 1.80. The Morgan fingerprint density at radius 1 is 1.38 bits per heavy atom. The summed E-state index contributed by atoms with van der Waals surface area (Å²) in [5.41, 5.74) is 6.56. The highest BCUT2D eigenvalue weighted by molar-refractivity contribution is 7.99. The van der Waals surface area contributed by atoms with E-state index in [0.29, 0.717) is 12.5 Å². The van der Waals surface area contributed by atoms with Crippen LogP contribution in [0.15, 0.2) is 23.1 Å². The lowest BCUT2D eigenvalue weighted by Gasteiger charge is -2.09. The van der Waals surface area contributed by atoms with Gasteiger partial charge in [0, 0.05) is 4.90 Å². The smallest absolute Gasteiger partial charge is 0.123 e. The average Bonchev–Trinajstić information content (AvgIpc) is 2.21. The minimum atomic E-state index is -0.170. The van der Waals surface area contributed by atoms with Gasteiger partial charge in [0.15, 0.2) is 0 Å². The van der Waals surface area contributed by atoms with Crippen LogP contribution in [-0.4, -0.2) is 12.3 Å². The van der Waals surface area contributed by atoms with Crippen molar-refractivity contribution in [3.05, 3.63) is 29.6 Å². The molecule has 0 bridgehead atoms. The molecule has 0 atom stereocenters. The van der Waals surface area contributed by atoms with Gasteiger partial charge in [0.05, 0.1) is 0 Å². The summed E-state index contributed by atoms with van der Waals surface area (Å²) in [6.07, 6.45) is 1.94. The molecule has 3 heteroatoms. The molecule has 0 heterocycles. The summed E-state index contributed by atoms with van der Waals surface area (Å²) in [6, 6.07) is 4.99. The van der Waals surface area contributed by atoms with Crippen molar-refractivity contribution in [2.45, 2.75) is 31.6 Å². The van der Waals surface area contributed by atoms with Gasteiger partial charge >= 0.3 is 0 Å². The van der Waals surface area contributed by atoms with Crippen LogP contribution in [0.2, 0.25) is 0 Å². The molecule has 0 radical (unpaired) electrons. The Bertz CT molecular complexity index is 326. The van der Waals surface area contributed by atoms with Crippen molar-refractivity contribution < 1.29 is 4.39 Å². The maximum atomic E-state index is 13.1. The minimum Gasteiger partial charge on any atom is -0.330 e. The molecule has 0 unspecified atom stereocenters. The van der Waals surface area contributed by atoms with Crippen LogP contribution < -0.4 is 5.73 Å². The minimum absolute atomic E-state index is 0.170. The third-order valence-corrected chi connectivity index (χ3v) is 3.54. The molecular formula is C13H20FNS. The monoisotopic (exact) mass is 241 g/mol. The molecule has 0 fully saturated rings. The molecule has 0 amide bonds. The number of nitrogens with two attached hydrogens (primary N) is 1. The lowest BCUT2D eigenvalue weighted by atomic mass is 10.1. The fourth-order valence-corrected chi connectivity index (χ4v) is 2.76. The van der Waals surface area contributed by atoms with Crippen molar-refractivity contribution >= 4 is 11.8 Å². The van der Waals surface area contributed by atoms with E-state index in [9.17, 15) is 4.39 Å². The second-order valence-corrected chi connectivity index (χ2v) is 5.46. The van der Waals surface area contributed by atoms with Gasteiger partial charge in [0.1, 0.15) is 5.82 Å². The molecule has 0 aliphatic carbocycles. The van der Waals surface area contributed by atoms with Gasteiger partial charge in [-0.2, -0.15) is 0 Å². The Hall–Kier alpha value is -0.540. The number of hydrogen-bond acceptors (Lipinski definition) is 2. The summed E-state index contributed by atoms with van der Waals surface area (Å²) in [5, 5.41) is 0. The zero-order valence-corrected chi connectivity index (χ0v) is 10.8. The van der Waals surface area contributed by atoms with Gasteiger partial charge in [0.2, 0.25) is 0 Å². The first-order valence-electron chi connectivity index (χ1n) is 5.74. The standard InChI is InChI=1S/C13H20FNS/c1-10(2)6-8-16-13-4-3-12(14)9-11(13)5-7-15/h3-4,9-10H,5-8,15H2,1-2H3. The number of thioether (sulfide) groups is 1. The zero-order chi connectivity index (χ0) is 12.0. The van der Waals surface area contributed by atoms with Gasteiger partial charge in [-0.3, -0.25) is 0 Å². The second kappa shape index (κ2) is 6.92. The van der Waals surface area contributed by atoms with Crippen molar-refractivity contribution in [3.63, 3.8) is 0 Å². The Morgan fingerprint density at radius 3 is 2.75 bits per heavy atom. The van der Waals surface area contributed by atoms with E-state index in [1.54, 1.807) is 17.8 Å². The summed E-state index contributed by atoms with van der Waals surface area (Å²) in [6.45, 7) is 5.00. The first kappa shape index (κ1) is 13.5. The van der Waals surface area contributed by atoms with Crippen molar-refractivity contribution in [3.8, 4) is 0 Å². The molecule has 1 aromatic rings. The van der Waals surface area contributed by atoms with E-state index >= 15 is 0 Å². The molecule has 1 rings (SSSR count). The van der Waals surface area contributed by atoms with Gasteiger partial charge in [-0.05, 0) is 54.8 Å². The molecule has 0 saturated carbocycles. The summed E-state index contributed by atoms with van der Waals surface area (Å²) in [7, 11) is 0. The Morgan fingerprint density at radius 2 is 2.12 bits per heavy atom. The van der Waals surface area contributed by atoms with E-state index in [-0.39, 0.29) is 5.82 Å². The van der Waals surface area contributed by atoms with Gasteiger partial charge in [-0.25, -0.2) is 4.39 Å². The fourth-order valence-electron chi connectivity index (χ4n) is 1.44. The molecule has 0 aliphatic rings. The molecule has 1 nitrogen and oxygen atoms in total.